The van der Waals surface area contributed by atoms with Gasteiger partial charge in [0.1, 0.15) is 12.6 Å². The molecule has 0 rings (SSSR count). The molecule has 0 fully saturated rings. The van der Waals surface area contributed by atoms with Gasteiger partial charge in [-0.3, -0.25) is 19.2 Å². The molecule has 6 N–H and O–H groups in total. The molecule has 9 nitrogen and oxygen atoms in total. The molecule has 0 bridgehead atoms. The van der Waals surface area contributed by atoms with E-state index in [-0.39, 0.29) is 18.6 Å². The SMILES string of the molecule is CCCCCCCCSC[C@H](NC(=O)[C@@H](N)CCC(=O)O)C(=O)NCC(=O)O. The summed E-state index contributed by atoms with van der Waals surface area (Å²) in [5, 5.41) is 22.1. The number of nitrogens with two attached hydrogens (primary N) is 1. The molecule has 0 saturated carbocycles. The van der Waals surface area contributed by atoms with Crippen molar-refractivity contribution in [1.82, 2.24) is 10.6 Å². The first-order chi connectivity index (χ1) is 13.3. The van der Waals surface area contributed by atoms with E-state index >= 15 is 0 Å². The van der Waals surface area contributed by atoms with Crippen LogP contribution in [0.2, 0.25) is 0 Å². The first-order valence-electron chi connectivity index (χ1n) is 9.62. The lowest BCUT2D eigenvalue weighted by Gasteiger charge is -2.20. The quantitative estimate of drug-likeness (QED) is 0.218. The van der Waals surface area contributed by atoms with E-state index in [9.17, 15) is 19.2 Å². The Hall–Kier alpha value is -1.81. The average Bonchev–Trinajstić information content (AvgIpc) is 2.64. The Morgan fingerprint density at radius 3 is 2.21 bits per heavy atom. The summed E-state index contributed by atoms with van der Waals surface area (Å²) in [5.41, 5.74) is 5.66. The number of nitrogens with one attached hydrogen (secondary N) is 2. The molecule has 0 radical (unpaired) electrons. The molecule has 0 aromatic heterocycles. The van der Waals surface area contributed by atoms with E-state index in [1.54, 1.807) is 0 Å². The number of carboxylic acid groups (broad SMARTS) is 2. The monoisotopic (exact) mass is 419 g/mol. The maximum Gasteiger partial charge on any atom is 0.322 e. The molecule has 0 aromatic carbocycles. The fourth-order valence-electron chi connectivity index (χ4n) is 2.34. The highest BCUT2D eigenvalue weighted by Crippen LogP contribution is 2.11. The summed E-state index contributed by atoms with van der Waals surface area (Å²) in [6.45, 7) is 1.62. The van der Waals surface area contributed by atoms with E-state index in [1.807, 2.05) is 0 Å². The van der Waals surface area contributed by atoms with Crippen molar-refractivity contribution in [2.45, 2.75) is 70.4 Å². The minimum atomic E-state index is -1.18. The van der Waals surface area contributed by atoms with Gasteiger partial charge in [-0.1, -0.05) is 39.0 Å². The Kier molecular flexibility index (Phi) is 15.1. The van der Waals surface area contributed by atoms with Crippen molar-refractivity contribution in [3.8, 4) is 0 Å². The molecule has 0 aliphatic heterocycles. The van der Waals surface area contributed by atoms with Gasteiger partial charge in [0.15, 0.2) is 0 Å². The van der Waals surface area contributed by atoms with E-state index in [0.717, 1.165) is 18.6 Å². The van der Waals surface area contributed by atoms with E-state index in [1.165, 1.54) is 37.4 Å². The molecule has 10 heteroatoms. The van der Waals surface area contributed by atoms with Gasteiger partial charge in [0.05, 0.1) is 6.04 Å². The van der Waals surface area contributed by atoms with Gasteiger partial charge in [-0.2, -0.15) is 11.8 Å². The Balaban J connectivity index is 4.45. The second kappa shape index (κ2) is 16.2. The lowest BCUT2D eigenvalue weighted by Crippen LogP contribution is -2.53. The van der Waals surface area contributed by atoms with Crippen molar-refractivity contribution in [2.75, 3.05) is 18.1 Å². The summed E-state index contributed by atoms with van der Waals surface area (Å²) in [6, 6.07) is -1.97. The van der Waals surface area contributed by atoms with Gasteiger partial charge in [-0.15, -0.1) is 0 Å². The van der Waals surface area contributed by atoms with E-state index in [0.29, 0.717) is 0 Å². The largest absolute Gasteiger partial charge is 0.481 e. The van der Waals surface area contributed by atoms with Gasteiger partial charge in [0, 0.05) is 12.2 Å². The van der Waals surface area contributed by atoms with Crippen LogP contribution in [0.15, 0.2) is 0 Å². The van der Waals surface area contributed by atoms with Crippen LogP contribution in [0.3, 0.4) is 0 Å². The maximum absolute atomic E-state index is 12.2. The number of hydrogen-bond acceptors (Lipinski definition) is 6. The second-order valence-corrected chi connectivity index (χ2v) is 7.70. The van der Waals surface area contributed by atoms with Crippen molar-refractivity contribution in [3.63, 3.8) is 0 Å². The van der Waals surface area contributed by atoms with Crippen LogP contribution in [0.25, 0.3) is 0 Å². The van der Waals surface area contributed by atoms with E-state index in [2.05, 4.69) is 17.6 Å². The minimum Gasteiger partial charge on any atom is -0.481 e. The van der Waals surface area contributed by atoms with Crippen molar-refractivity contribution in [3.05, 3.63) is 0 Å². The molecule has 0 aromatic rings. The highest BCUT2D eigenvalue weighted by molar-refractivity contribution is 7.99. The molecule has 2 amide bonds. The Labute approximate surface area is 170 Å². The Bertz CT molecular complexity index is 504. The number of carboxylic acids is 2. The molecule has 0 saturated heterocycles. The first kappa shape index (κ1) is 26.2. The molecular weight excluding hydrogens is 386 g/mol. The molecular formula is C18H33N3O6S. The Morgan fingerprint density at radius 1 is 0.964 bits per heavy atom. The average molecular weight is 420 g/mol. The Morgan fingerprint density at radius 2 is 1.61 bits per heavy atom. The lowest BCUT2D eigenvalue weighted by atomic mass is 10.1. The van der Waals surface area contributed by atoms with Gasteiger partial charge in [-0.05, 0) is 18.6 Å². The highest BCUT2D eigenvalue weighted by Gasteiger charge is 2.24. The standard InChI is InChI=1S/C18H33N3O6S/c1-2-3-4-5-6-7-10-28-12-14(18(27)20-11-16(24)25)21-17(26)13(19)8-9-15(22)23/h13-14H,2-12,19H2,1H3,(H,20,27)(H,21,26)(H,22,23)(H,24,25)/t13-,14-/m0/s1. The molecule has 0 spiro atoms. The number of aliphatic carboxylic acids is 2. The van der Waals surface area contributed by atoms with Crippen molar-refractivity contribution < 1.29 is 29.4 Å². The van der Waals surface area contributed by atoms with Gasteiger partial charge >= 0.3 is 11.9 Å². The van der Waals surface area contributed by atoms with Gasteiger partial charge in [0.2, 0.25) is 11.8 Å². The third-order valence-corrected chi connectivity index (χ3v) is 5.13. The molecule has 2 atom stereocenters. The van der Waals surface area contributed by atoms with E-state index in [4.69, 9.17) is 15.9 Å². The van der Waals surface area contributed by atoms with Crippen LogP contribution < -0.4 is 16.4 Å². The summed E-state index contributed by atoms with van der Waals surface area (Å²) < 4.78 is 0. The number of hydrogen-bond donors (Lipinski definition) is 5. The maximum atomic E-state index is 12.2. The van der Waals surface area contributed by atoms with Crippen LogP contribution in [0, 0.1) is 0 Å². The fraction of sp³-hybridized carbons (Fsp3) is 0.778. The molecule has 0 unspecified atom stereocenters. The lowest BCUT2D eigenvalue weighted by molar-refractivity contribution is -0.138. The first-order valence-corrected chi connectivity index (χ1v) is 10.8. The summed E-state index contributed by atoms with van der Waals surface area (Å²) in [6.07, 6.45) is 6.62. The highest BCUT2D eigenvalue weighted by atomic mass is 32.2. The van der Waals surface area contributed by atoms with Crippen LogP contribution >= 0.6 is 11.8 Å². The third-order valence-electron chi connectivity index (χ3n) is 3.98. The number of carbonyl (C=O) groups excluding carboxylic acids is 2. The number of rotatable bonds is 17. The van der Waals surface area contributed by atoms with Gasteiger partial charge in [0.25, 0.3) is 0 Å². The predicted molar refractivity (Wildman–Crippen MR) is 108 cm³/mol. The normalized spacial score (nSPS) is 12.8. The topological polar surface area (TPSA) is 159 Å². The smallest absolute Gasteiger partial charge is 0.322 e. The van der Waals surface area contributed by atoms with Crippen LogP contribution in [-0.2, 0) is 19.2 Å². The number of amides is 2. The molecule has 28 heavy (non-hydrogen) atoms. The molecule has 0 aliphatic carbocycles. The summed E-state index contributed by atoms with van der Waals surface area (Å²) in [7, 11) is 0. The zero-order chi connectivity index (χ0) is 21.4. The minimum absolute atomic E-state index is 0.0461. The van der Waals surface area contributed by atoms with Crippen LogP contribution in [0.5, 0.6) is 0 Å². The number of carbonyl (C=O) groups is 4. The van der Waals surface area contributed by atoms with Crippen LogP contribution in [-0.4, -0.2) is 64.1 Å². The third kappa shape index (κ3) is 14.3. The zero-order valence-corrected chi connectivity index (χ0v) is 17.3. The zero-order valence-electron chi connectivity index (χ0n) is 16.4. The van der Waals surface area contributed by atoms with Gasteiger partial charge < -0.3 is 26.6 Å². The summed E-state index contributed by atoms with van der Waals surface area (Å²) in [5.74, 6) is -2.36. The van der Waals surface area contributed by atoms with Gasteiger partial charge in [-0.25, -0.2) is 0 Å². The molecule has 0 heterocycles. The molecule has 0 aliphatic rings. The van der Waals surface area contributed by atoms with Crippen molar-refractivity contribution in [2.24, 2.45) is 5.73 Å². The van der Waals surface area contributed by atoms with Crippen LogP contribution in [0.4, 0.5) is 0 Å². The summed E-state index contributed by atoms with van der Waals surface area (Å²) >= 11 is 1.50. The number of thioether (sulfide) groups is 1. The van der Waals surface area contributed by atoms with E-state index < -0.39 is 42.4 Å². The second-order valence-electron chi connectivity index (χ2n) is 6.55. The molecule has 162 valence electrons. The summed E-state index contributed by atoms with van der Waals surface area (Å²) in [4.78, 5) is 45.5. The fourth-order valence-corrected chi connectivity index (χ4v) is 3.39. The van der Waals surface area contributed by atoms with Crippen LogP contribution in [0.1, 0.15) is 58.3 Å². The van der Waals surface area contributed by atoms with Crippen molar-refractivity contribution >= 4 is 35.5 Å². The predicted octanol–water partition coefficient (Wildman–Crippen LogP) is 0.958. The van der Waals surface area contributed by atoms with Crippen molar-refractivity contribution in [1.29, 1.82) is 0 Å². The number of unbranched alkanes of at least 4 members (excludes halogenated alkanes) is 5.